The van der Waals surface area contributed by atoms with Crippen molar-refractivity contribution in [2.75, 3.05) is 24.2 Å². The molecule has 1 aliphatic heterocycles. The fourth-order valence-electron chi connectivity index (χ4n) is 3.03. The van der Waals surface area contributed by atoms with Gasteiger partial charge in [0.05, 0.1) is 5.75 Å². The van der Waals surface area contributed by atoms with E-state index in [0.717, 1.165) is 31.5 Å². The van der Waals surface area contributed by atoms with Gasteiger partial charge in [0.2, 0.25) is 15.9 Å². The molecule has 1 fully saturated rings. The molecule has 0 bridgehead atoms. The van der Waals surface area contributed by atoms with Crippen LogP contribution in [0.25, 0.3) is 0 Å². The zero-order valence-electron chi connectivity index (χ0n) is 15.1. The molecule has 6 nitrogen and oxygen atoms in total. The minimum absolute atomic E-state index is 0.117. The molecule has 1 aromatic rings. The van der Waals surface area contributed by atoms with Crippen LogP contribution in [0.2, 0.25) is 0 Å². The molecule has 7 heteroatoms. The van der Waals surface area contributed by atoms with E-state index in [-0.39, 0.29) is 11.7 Å². The minimum atomic E-state index is -3.37. The first-order valence-electron chi connectivity index (χ1n) is 9.08. The maximum atomic E-state index is 12.6. The van der Waals surface area contributed by atoms with E-state index in [2.05, 4.69) is 10.6 Å². The van der Waals surface area contributed by atoms with Crippen LogP contribution < -0.4 is 10.6 Å². The van der Waals surface area contributed by atoms with Gasteiger partial charge in [-0.05, 0) is 43.5 Å². The van der Waals surface area contributed by atoms with Gasteiger partial charge < -0.3 is 10.6 Å². The smallest absolute Gasteiger partial charge is 0.242 e. The molecule has 0 aliphatic carbocycles. The van der Waals surface area contributed by atoms with Gasteiger partial charge in [0, 0.05) is 18.8 Å². The summed E-state index contributed by atoms with van der Waals surface area (Å²) in [7, 11) is -3.37. The standard InChI is InChI=1S/C18H29N3O3S/c1-3-5-12-25(23,24)21-11-7-10-17(21)18(22)20-16-9-6-8-15(13-16)14-19-4-2/h6,8-9,13,17,19H,3-5,7,10-12,14H2,1-2H3,(H,20,22). The summed E-state index contributed by atoms with van der Waals surface area (Å²) in [5.41, 5.74) is 1.79. The van der Waals surface area contributed by atoms with Crippen molar-refractivity contribution in [3.8, 4) is 0 Å². The van der Waals surface area contributed by atoms with Crippen LogP contribution >= 0.6 is 0 Å². The molecular weight excluding hydrogens is 338 g/mol. The number of rotatable bonds is 9. The number of carbonyl (C=O) groups is 1. The Bertz CT molecular complexity index is 676. The summed E-state index contributed by atoms with van der Waals surface area (Å²) in [6.45, 7) is 6.05. The summed E-state index contributed by atoms with van der Waals surface area (Å²) in [5, 5.41) is 6.13. The minimum Gasteiger partial charge on any atom is -0.325 e. The number of nitrogens with one attached hydrogen (secondary N) is 2. The van der Waals surface area contributed by atoms with Gasteiger partial charge in [0.25, 0.3) is 0 Å². The van der Waals surface area contributed by atoms with E-state index in [9.17, 15) is 13.2 Å². The van der Waals surface area contributed by atoms with Crippen molar-refractivity contribution in [2.24, 2.45) is 0 Å². The predicted octanol–water partition coefficient (Wildman–Crippen LogP) is 2.33. The van der Waals surface area contributed by atoms with Crippen molar-refractivity contribution >= 4 is 21.6 Å². The number of nitrogens with zero attached hydrogens (tertiary/aromatic N) is 1. The van der Waals surface area contributed by atoms with Crippen molar-refractivity contribution < 1.29 is 13.2 Å². The lowest BCUT2D eigenvalue weighted by Gasteiger charge is -2.23. The number of benzene rings is 1. The summed E-state index contributed by atoms with van der Waals surface area (Å²) in [6, 6.07) is 7.05. The molecule has 140 valence electrons. The Morgan fingerprint density at radius 2 is 2.12 bits per heavy atom. The van der Waals surface area contributed by atoms with E-state index in [1.807, 2.05) is 38.1 Å². The maximum Gasteiger partial charge on any atom is 0.242 e. The van der Waals surface area contributed by atoms with E-state index in [4.69, 9.17) is 0 Å². The summed E-state index contributed by atoms with van der Waals surface area (Å²) in [4.78, 5) is 12.6. The third kappa shape index (κ3) is 5.52. The Morgan fingerprint density at radius 3 is 2.84 bits per heavy atom. The molecule has 1 unspecified atom stereocenters. The lowest BCUT2D eigenvalue weighted by atomic mass is 10.1. The molecule has 0 aromatic heterocycles. The molecule has 0 spiro atoms. The van der Waals surface area contributed by atoms with Gasteiger partial charge in [0.15, 0.2) is 0 Å². The average Bonchev–Trinajstić information content (AvgIpc) is 3.09. The molecule has 1 aromatic carbocycles. The Labute approximate surface area is 151 Å². The van der Waals surface area contributed by atoms with E-state index in [1.54, 1.807) is 0 Å². The van der Waals surface area contributed by atoms with Crippen LogP contribution in [0.15, 0.2) is 24.3 Å². The third-order valence-corrected chi connectivity index (χ3v) is 6.35. The number of amides is 1. The van der Waals surface area contributed by atoms with Crippen molar-refractivity contribution in [1.29, 1.82) is 0 Å². The second-order valence-electron chi connectivity index (χ2n) is 6.41. The predicted molar refractivity (Wildman–Crippen MR) is 101 cm³/mol. The summed E-state index contributed by atoms with van der Waals surface area (Å²) in [5.74, 6) is -0.121. The largest absolute Gasteiger partial charge is 0.325 e. The van der Waals surface area contributed by atoms with Gasteiger partial charge in [-0.25, -0.2) is 8.42 Å². The fraction of sp³-hybridized carbons (Fsp3) is 0.611. The third-order valence-electron chi connectivity index (χ3n) is 4.39. The molecule has 0 saturated carbocycles. The number of unbranched alkanes of at least 4 members (excludes halogenated alkanes) is 1. The Balaban J connectivity index is 2.04. The number of hydrogen-bond acceptors (Lipinski definition) is 4. The monoisotopic (exact) mass is 367 g/mol. The van der Waals surface area contributed by atoms with Crippen LogP contribution in [0.1, 0.15) is 45.1 Å². The van der Waals surface area contributed by atoms with Crippen LogP contribution in [0.3, 0.4) is 0 Å². The van der Waals surface area contributed by atoms with Gasteiger partial charge in [-0.15, -0.1) is 0 Å². The highest BCUT2D eigenvalue weighted by Crippen LogP contribution is 2.23. The van der Waals surface area contributed by atoms with E-state index in [0.29, 0.717) is 25.1 Å². The van der Waals surface area contributed by atoms with Crippen LogP contribution in [0.4, 0.5) is 5.69 Å². The SMILES string of the molecule is CCCCS(=O)(=O)N1CCCC1C(=O)Nc1cccc(CNCC)c1. The lowest BCUT2D eigenvalue weighted by molar-refractivity contribution is -0.119. The average molecular weight is 368 g/mol. The highest BCUT2D eigenvalue weighted by molar-refractivity contribution is 7.89. The van der Waals surface area contributed by atoms with Crippen LogP contribution in [0.5, 0.6) is 0 Å². The number of sulfonamides is 1. The summed E-state index contributed by atoms with van der Waals surface area (Å²) in [6.07, 6.45) is 2.75. The first-order valence-corrected chi connectivity index (χ1v) is 10.7. The molecule has 0 radical (unpaired) electrons. The van der Waals surface area contributed by atoms with Gasteiger partial charge in [-0.3, -0.25) is 4.79 Å². The van der Waals surface area contributed by atoms with Gasteiger partial charge in [-0.2, -0.15) is 4.31 Å². The van der Waals surface area contributed by atoms with Crippen molar-refractivity contribution in [3.63, 3.8) is 0 Å². The van der Waals surface area contributed by atoms with E-state index in [1.165, 1.54) is 4.31 Å². The molecule has 1 saturated heterocycles. The first kappa shape index (κ1) is 19.9. The second-order valence-corrected chi connectivity index (χ2v) is 8.45. The number of anilines is 1. The van der Waals surface area contributed by atoms with Crippen molar-refractivity contribution in [1.82, 2.24) is 9.62 Å². The quantitative estimate of drug-likeness (QED) is 0.702. The van der Waals surface area contributed by atoms with Gasteiger partial charge in [-0.1, -0.05) is 32.4 Å². The normalized spacial score (nSPS) is 18.4. The number of hydrogen-bond donors (Lipinski definition) is 2. The maximum absolute atomic E-state index is 12.6. The topological polar surface area (TPSA) is 78.5 Å². The molecule has 1 atom stereocenters. The highest BCUT2D eigenvalue weighted by atomic mass is 32.2. The Kier molecular flexibility index (Phi) is 7.40. The van der Waals surface area contributed by atoms with E-state index < -0.39 is 16.1 Å². The van der Waals surface area contributed by atoms with Crippen LogP contribution in [-0.4, -0.2) is 43.5 Å². The Morgan fingerprint density at radius 1 is 1.32 bits per heavy atom. The molecule has 1 aliphatic rings. The van der Waals surface area contributed by atoms with Gasteiger partial charge in [0.1, 0.15) is 6.04 Å². The first-order chi connectivity index (χ1) is 12.0. The lowest BCUT2D eigenvalue weighted by Crippen LogP contribution is -2.44. The Hall–Kier alpha value is -1.44. The molecule has 1 amide bonds. The zero-order valence-corrected chi connectivity index (χ0v) is 15.9. The van der Waals surface area contributed by atoms with Crippen molar-refractivity contribution in [2.45, 2.75) is 52.1 Å². The van der Waals surface area contributed by atoms with Gasteiger partial charge >= 0.3 is 0 Å². The number of carbonyl (C=O) groups excluding carboxylic acids is 1. The highest BCUT2D eigenvalue weighted by Gasteiger charge is 2.38. The van der Waals surface area contributed by atoms with E-state index >= 15 is 0 Å². The summed E-state index contributed by atoms with van der Waals surface area (Å²) >= 11 is 0. The zero-order chi connectivity index (χ0) is 18.3. The molecule has 2 N–H and O–H groups in total. The molecule has 2 rings (SSSR count). The fourth-order valence-corrected chi connectivity index (χ4v) is 4.92. The summed E-state index contributed by atoms with van der Waals surface area (Å²) < 4.78 is 26.3. The second kappa shape index (κ2) is 9.31. The molecule has 1 heterocycles. The van der Waals surface area contributed by atoms with Crippen LogP contribution in [-0.2, 0) is 21.4 Å². The molecule has 25 heavy (non-hydrogen) atoms. The molecular formula is C18H29N3O3S. The van der Waals surface area contributed by atoms with Crippen LogP contribution in [0, 0.1) is 0 Å². The van der Waals surface area contributed by atoms with Crippen molar-refractivity contribution in [3.05, 3.63) is 29.8 Å².